The van der Waals surface area contributed by atoms with Crippen LogP contribution in [-0.2, 0) is 24.7 Å². The second-order valence-electron chi connectivity index (χ2n) is 5.33. The highest BCUT2D eigenvalue weighted by Crippen LogP contribution is 2.12. The molecule has 140 valence electrons. The van der Waals surface area contributed by atoms with Gasteiger partial charge in [-0.1, -0.05) is 29.5 Å². The summed E-state index contributed by atoms with van der Waals surface area (Å²) in [5.41, 5.74) is 0.893. The van der Waals surface area contributed by atoms with Crippen LogP contribution in [0.15, 0.2) is 34.2 Å². The summed E-state index contributed by atoms with van der Waals surface area (Å²) in [6, 6.07) is 4.76. The van der Waals surface area contributed by atoms with Gasteiger partial charge in [0.05, 0.1) is 10.6 Å². The first kappa shape index (κ1) is 21.5. The maximum absolute atomic E-state index is 12.3. The molecule has 1 atom stereocenters. The van der Waals surface area contributed by atoms with E-state index in [9.17, 15) is 26.7 Å². The third kappa shape index (κ3) is 7.45. The number of carbonyl (C=O) groups is 1. The molecule has 1 rings (SSSR count). The summed E-state index contributed by atoms with van der Waals surface area (Å²) in [5.74, 6) is -1.69. The molecule has 0 aliphatic rings. The first-order chi connectivity index (χ1) is 11.4. The second-order valence-corrected chi connectivity index (χ2v) is 10.1. The van der Waals surface area contributed by atoms with E-state index in [-0.39, 0.29) is 22.2 Å². The maximum Gasteiger partial charge on any atom is 0.328 e. The number of aryl methyl sites for hydroxylation is 1. The smallest absolute Gasteiger partial charge is 0.328 e. The molecule has 0 unspecified atom stereocenters. The summed E-state index contributed by atoms with van der Waals surface area (Å²) in [6.45, 7) is 1.82. The number of sulfonamides is 1. The van der Waals surface area contributed by atoms with Crippen molar-refractivity contribution >= 4 is 42.8 Å². The molecule has 25 heavy (non-hydrogen) atoms. The van der Waals surface area contributed by atoms with Crippen molar-refractivity contribution in [3.05, 3.63) is 29.8 Å². The van der Waals surface area contributed by atoms with Crippen LogP contribution in [0, 0.1) is 6.92 Å². The number of carboxylic acid groups (broad SMARTS) is 1. The van der Waals surface area contributed by atoms with Crippen molar-refractivity contribution in [1.82, 2.24) is 4.72 Å². The molecule has 1 aromatic carbocycles. The highest BCUT2D eigenvalue weighted by molar-refractivity contribution is 8.14. The molecule has 0 bridgehead atoms. The predicted octanol–water partition coefficient (Wildman–Crippen LogP) is 0.880. The predicted molar refractivity (Wildman–Crippen MR) is 98.2 cm³/mol. The first-order valence-corrected chi connectivity index (χ1v) is 11.8. The topological polar surface area (TPSA) is 130 Å². The van der Waals surface area contributed by atoms with Crippen molar-refractivity contribution < 1.29 is 26.7 Å². The summed E-state index contributed by atoms with van der Waals surface area (Å²) in [7, 11) is -7.27. The molecule has 0 amide bonds. The molecule has 2 N–H and O–H groups in total. The Morgan fingerprint density at radius 2 is 1.80 bits per heavy atom. The zero-order valence-electron chi connectivity index (χ0n) is 14.0. The van der Waals surface area contributed by atoms with Crippen molar-refractivity contribution in [2.45, 2.75) is 24.3 Å². The monoisotopic (exact) mass is 408 g/mol. The van der Waals surface area contributed by atoms with Gasteiger partial charge in [0.25, 0.3) is 10.0 Å². The van der Waals surface area contributed by atoms with Gasteiger partial charge in [-0.25, -0.2) is 26.6 Å². The zero-order chi connectivity index (χ0) is 19.3. The van der Waals surface area contributed by atoms with Gasteiger partial charge in [0.1, 0.15) is 9.84 Å². The summed E-state index contributed by atoms with van der Waals surface area (Å²) in [5, 5.41) is 9.05. The van der Waals surface area contributed by atoms with Crippen molar-refractivity contribution in [3.63, 3.8) is 0 Å². The Labute approximate surface area is 151 Å². The highest BCUT2D eigenvalue weighted by Gasteiger charge is 2.22. The van der Waals surface area contributed by atoms with Gasteiger partial charge in [-0.3, -0.25) is 4.72 Å². The molecule has 0 aliphatic heterocycles. The Hall–Kier alpha value is -1.59. The zero-order valence-corrected chi connectivity index (χ0v) is 16.4. The minimum absolute atomic E-state index is 0.0165. The fraction of sp³-hybridized carbons (Fsp3) is 0.429. The lowest BCUT2D eigenvalue weighted by molar-refractivity contribution is -0.138. The largest absolute Gasteiger partial charge is 0.480 e. The number of thioether (sulfide) groups is 1. The molecule has 0 aromatic heterocycles. The molecule has 0 saturated heterocycles. The number of hydrogen-bond acceptors (Lipinski definition) is 7. The van der Waals surface area contributed by atoms with Crippen LogP contribution in [0.25, 0.3) is 0 Å². The number of nitrogens with zero attached hydrogens (tertiary/aromatic N) is 1. The number of rotatable bonds is 7. The van der Waals surface area contributed by atoms with Crippen LogP contribution < -0.4 is 4.72 Å². The average molecular weight is 409 g/mol. The van der Waals surface area contributed by atoms with Gasteiger partial charge in [0.15, 0.2) is 11.2 Å². The number of nitrogens with one attached hydrogen (secondary N) is 1. The molecule has 0 spiro atoms. The Morgan fingerprint density at radius 1 is 1.24 bits per heavy atom. The van der Waals surface area contributed by atoms with E-state index in [1.54, 1.807) is 12.1 Å². The summed E-state index contributed by atoms with van der Waals surface area (Å²) in [4.78, 5) is 15.1. The molecule has 0 radical (unpaired) electrons. The summed E-state index contributed by atoms with van der Waals surface area (Å²) < 4.78 is 49.3. The van der Waals surface area contributed by atoms with E-state index in [4.69, 9.17) is 0 Å². The van der Waals surface area contributed by atoms with E-state index in [1.807, 2.05) is 6.92 Å². The van der Waals surface area contributed by atoms with Crippen LogP contribution in [0.2, 0.25) is 0 Å². The third-order valence-electron chi connectivity index (χ3n) is 3.07. The van der Waals surface area contributed by atoms with Crippen LogP contribution in [0.3, 0.4) is 0 Å². The van der Waals surface area contributed by atoms with E-state index >= 15 is 0 Å². The molecule has 8 nitrogen and oxygen atoms in total. The third-order valence-corrected chi connectivity index (χ3v) is 6.12. The number of aliphatic carboxylic acids is 1. The van der Waals surface area contributed by atoms with Crippen molar-refractivity contribution in [3.8, 4) is 0 Å². The van der Waals surface area contributed by atoms with Crippen LogP contribution >= 0.6 is 11.8 Å². The van der Waals surface area contributed by atoms with Gasteiger partial charge >= 0.3 is 5.97 Å². The summed E-state index contributed by atoms with van der Waals surface area (Å²) >= 11 is 0.921. The standard InChI is InChI=1S/C14H20N2O6S3/c1-10-4-6-11(7-5-10)25(21,22)16-14(23-2)15-12(13(17)18)8-9-24(3,19)20/h4-7,12H,8-9H2,1-3H3,(H,15,16)(H,17,18)/t12-/m0/s1. The summed E-state index contributed by atoms with van der Waals surface area (Å²) in [6.07, 6.45) is 2.28. The van der Waals surface area contributed by atoms with Crippen molar-refractivity contribution in [1.29, 1.82) is 0 Å². The maximum atomic E-state index is 12.3. The highest BCUT2D eigenvalue weighted by atomic mass is 32.2. The molecule has 1 aromatic rings. The van der Waals surface area contributed by atoms with Gasteiger partial charge < -0.3 is 5.11 Å². The van der Waals surface area contributed by atoms with E-state index < -0.39 is 31.9 Å². The van der Waals surface area contributed by atoms with E-state index in [2.05, 4.69) is 9.71 Å². The molecule has 0 heterocycles. The van der Waals surface area contributed by atoms with Gasteiger partial charge in [0, 0.05) is 6.26 Å². The van der Waals surface area contributed by atoms with Gasteiger partial charge in [-0.2, -0.15) is 0 Å². The van der Waals surface area contributed by atoms with Crippen LogP contribution in [0.1, 0.15) is 12.0 Å². The Balaban J connectivity index is 3.03. The molecule has 0 aliphatic carbocycles. The normalized spacial score (nSPS) is 14.1. The lowest BCUT2D eigenvalue weighted by Crippen LogP contribution is -2.31. The molecular weight excluding hydrogens is 388 g/mol. The lowest BCUT2D eigenvalue weighted by atomic mass is 10.2. The van der Waals surface area contributed by atoms with E-state index in [0.717, 1.165) is 23.6 Å². The fourth-order valence-corrected chi connectivity index (χ4v) is 4.16. The fourth-order valence-electron chi connectivity index (χ4n) is 1.72. The molecule has 11 heteroatoms. The Bertz CT molecular complexity index is 845. The molecule has 0 fully saturated rings. The van der Waals surface area contributed by atoms with Gasteiger partial charge in [-0.15, -0.1) is 0 Å². The van der Waals surface area contributed by atoms with E-state index in [1.165, 1.54) is 18.4 Å². The van der Waals surface area contributed by atoms with Gasteiger partial charge in [0.2, 0.25) is 0 Å². The van der Waals surface area contributed by atoms with Crippen LogP contribution in [0.4, 0.5) is 0 Å². The van der Waals surface area contributed by atoms with Crippen molar-refractivity contribution in [2.75, 3.05) is 18.3 Å². The quantitative estimate of drug-likeness (QED) is 0.506. The number of sulfone groups is 1. The number of hydrogen-bond donors (Lipinski definition) is 2. The number of aliphatic imine (C=N–C) groups is 1. The Kier molecular flexibility index (Phi) is 7.44. The number of amidine groups is 1. The number of benzene rings is 1. The van der Waals surface area contributed by atoms with Crippen LogP contribution in [-0.4, -0.2) is 57.4 Å². The lowest BCUT2D eigenvalue weighted by Gasteiger charge is -2.12. The van der Waals surface area contributed by atoms with Crippen molar-refractivity contribution in [2.24, 2.45) is 4.99 Å². The number of carboxylic acids is 1. The minimum atomic E-state index is -3.92. The molecule has 0 saturated carbocycles. The van der Waals surface area contributed by atoms with E-state index in [0.29, 0.717) is 0 Å². The minimum Gasteiger partial charge on any atom is -0.480 e. The van der Waals surface area contributed by atoms with Crippen LogP contribution in [0.5, 0.6) is 0 Å². The first-order valence-electron chi connectivity index (χ1n) is 7.06. The average Bonchev–Trinajstić information content (AvgIpc) is 2.49. The van der Waals surface area contributed by atoms with Gasteiger partial charge in [-0.05, 0) is 31.7 Å². The second kappa shape index (κ2) is 8.68. The molecular formula is C14H20N2O6S3. The SMILES string of the molecule is CSC(=N[C@@H](CCS(C)(=O)=O)C(=O)O)NS(=O)(=O)c1ccc(C)cc1. The Morgan fingerprint density at radius 3 is 2.24 bits per heavy atom.